The van der Waals surface area contributed by atoms with Gasteiger partial charge >= 0.3 is 0 Å². The van der Waals surface area contributed by atoms with Gasteiger partial charge in [-0.3, -0.25) is 0 Å². The van der Waals surface area contributed by atoms with Gasteiger partial charge in [0.25, 0.3) is 0 Å². The third-order valence-electron chi connectivity index (χ3n) is 2.74. The van der Waals surface area contributed by atoms with Gasteiger partial charge in [0.1, 0.15) is 11.6 Å². The number of rotatable bonds is 2. The van der Waals surface area contributed by atoms with Crippen LogP contribution in [0.1, 0.15) is 18.4 Å². The molecule has 1 atom stereocenters. The largest absolute Gasteiger partial charge is 0.506 e. The van der Waals surface area contributed by atoms with Crippen LogP contribution in [-0.2, 0) is 6.42 Å². The van der Waals surface area contributed by atoms with Crippen LogP contribution in [0.4, 0.5) is 4.39 Å². The van der Waals surface area contributed by atoms with Gasteiger partial charge in [0, 0.05) is 6.04 Å². The molecule has 1 aromatic carbocycles. The van der Waals surface area contributed by atoms with Gasteiger partial charge < -0.3 is 10.4 Å². The highest BCUT2D eigenvalue weighted by atomic mass is 79.9. The second-order valence-electron chi connectivity index (χ2n) is 3.89. The minimum atomic E-state index is -0.312. The van der Waals surface area contributed by atoms with Crippen LogP contribution in [0.2, 0.25) is 0 Å². The van der Waals surface area contributed by atoms with Gasteiger partial charge in [-0.1, -0.05) is 0 Å². The molecule has 0 spiro atoms. The minimum absolute atomic E-state index is 0.157. The van der Waals surface area contributed by atoms with Crippen molar-refractivity contribution in [3.63, 3.8) is 0 Å². The van der Waals surface area contributed by atoms with E-state index in [9.17, 15) is 9.50 Å². The zero-order valence-corrected chi connectivity index (χ0v) is 9.85. The fraction of sp³-hybridized carbons (Fsp3) is 0.455. The molecular formula is C11H13BrFNO. The Morgan fingerprint density at radius 2 is 2.33 bits per heavy atom. The topological polar surface area (TPSA) is 32.3 Å². The number of phenols is 1. The maximum atomic E-state index is 13.1. The fourth-order valence-electron chi connectivity index (χ4n) is 1.97. The Labute approximate surface area is 96.6 Å². The Kier molecular flexibility index (Phi) is 3.26. The molecule has 0 radical (unpaired) electrons. The molecule has 1 fully saturated rings. The van der Waals surface area contributed by atoms with Crippen molar-refractivity contribution in [3.05, 3.63) is 28.0 Å². The van der Waals surface area contributed by atoms with Crippen LogP contribution in [0.5, 0.6) is 5.75 Å². The predicted octanol–water partition coefficient (Wildman–Crippen LogP) is 2.59. The van der Waals surface area contributed by atoms with E-state index in [2.05, 4.69) is 21.2 Å². The molecule has 2 nitrogen and oxygen atoms in total. The van der Waals surface area contributed by atoms with Crippen LogP contribution in [0.3, 0.4) is 0 Å². The highest BCUT2D eigenvalue weighted by Crippen LogP contribution is 2.30. The van der Waals surface area contributed by atoms with E-state index in [1.807, 2.05) is 0 Å². The first-order chi connectivity index (χ1) is 7.16. The lowest BCUT2D eigenvalue weighted by Crippen LogP contribution is -2.23. The molecule has 1 unspecified atom stereocenters. The first-order valence-electron chi connectivity index (χ1n) is 5.07. The number of halogens is 2. The highest BCUT2D eigenvalue weighted by molar-refractivity contribution is 9.10. The SMILES string of the molecule is Oc1c(Br)cc(F)cc1CC1CCCN1. The number of aromatic hydroxyl groups is 1. The highest BCUT2D eigenvalue weighted by Gasteiger charge is 2.17. The molecule has 1 aromatic rings. The molecular weight excluding hydrogens is 261 g/mol. The Bertz CT molecular complexity index is 364. The molecule has 15 heavy (non-hydrogen) atoms. The second-order valence-corrected chi connectivity index (χ2v) is 4.75. The Balaban J connectivity index is 2.19. The van der Waals surface area contributed by atoms with Gasteiger partial charge in [-0.05, 0) is 59.4 Å². The average molecular weight is 274 g/mol. The zero-order valence-electron chi connectivity index (χ0n) is 8.26. The van der Waals surface area contributed by atoms with Gasteiger partial charge in [0.2, 0.25) is 0 Å². The van der Waals surface area contributed by atoms with Gasteiger partial charge in [-0.15, -0.1) is 0 Å². The van der Waals surface area contributed by atoms with Crippen molar-refractivity contribution in [2.24, 2.45) is 0 Å². The fourth-order valence-corrected chi connectivity index (χ4v) is 2.44. The Morgan fingerprint density at radius 1 is 1.53 bits per heavy atom. The van der Waals surface area contributed by atoms with E-state index in [1.54, 1.807) is 0 Å². The molecule has 0 amide bonds. The average Bonchev–Trinajstić information content (AvgIpc) is 2.66. The predicted molar refractivity (Wildman–Crippen MR) is 60.5 cm³/mol. The van der Waals surface area contributed by atoms with Crippen LogP contribution in [0.25, 0.3) is 0 Å². The van der Waals surface area contributed by atoms with E-state index in [-0.39, 0.29) is 11.6 Å². The van der Waals surface area contributed by atoms with E-state index >= 15 is 0 Å². The van der Waals surface area contributed by atoms with E-state index < -0.39 is 0 Å². The number of hydrogen-bond donors (Lipinski definition) is 2. The maximum Gasteiger partial charge on any atom is 0.133 e. The number of benzene rings is 1. The first-order valence-corrected chi connectivity index (χ1v) is 5.86. The molecule has 0 saturated carbocycles. The molecule has 1 saturated heterocycles. The van der Waals surface area contributed by atoms with Crippen LogP contribution in [0.15, 0.2) is 16.6 Å². The van der Waals surface area contributed by atoms with Gasteiger partial charge in [0.15, 0.2) is 0 Å². The molecule has 1 aliphatic rings. The van der Waals surface area contributed by atoms with E-state index in [4.69, 9.17) is 0 Å². The number of phenolic OH excluding ortho intramolecular Hbond substituents is 1. The van der Waals surface area contributed by atoms with Crippen molar-refractivity contribution in [1.29, 1.82) is 0 Å². The third-order valence-corrected chi connectivity index (χ3v) is 3.34. The maximum absolute atomic E-state index is 13.1. The summed E-state index contributed by atoms with van der Waals surface area (Å²) in [5.74, 6) is -0.155. The lowest BCUT2D eigenvalue weighted by molar-refractivity contribution is 0.455. The summed E-state index contributed by atoms with van der Waals surface area (Å²) in [4.78, 5) is 0. The summed E-state index contributed by atoms with van der Waals surface area (Å²) in [7, 11) is 0. The standard InChI is InChI=1S/C11H13BrFNO/c12-10-6-8(13)4-7(11(10)15)5-9-2-1-3-14-9/h4,6,9,14-15H,1-3,5H2. The van der Waals surface area contributed by atoms with E-state index in [0.717, 1.165) is 19.4 Å². The second kappa shape index (κ2) is 4.49. The van der Waals surface area contributed by atoms with Crippen molar-refractivity contribution >= 4 is 15.9 Å². The normalized spacial score (nSPS) is 20.8. The first kappa shape index (κ1) is 10.9. The quantitative estimate of drug-likeness (QED) is 0.868. The molecule has 0 bridgehead atoms. The summed E-state index contributed by atoms with van der Waals surface area (Å²) in [6.07, 6.45) is 2.93. The van der Waals surface area contributed by atoms with Crippen molar-refractivity contribution in [1.82, 2.24) is 5.32 Å². The van der Waals surface area contributed by atoms with Crippen molar-refractivity contribution in [2.45, 2.75) is 25.3 Å². The van der Waals surface area contributed by atoms with E-state index in [1.165, 1.54) is 12.1 Å². The minimum Gasteiger partial charge on any atom is -0.506 e. The zero-order chi connectivity index (χ0) is 10.8. The Morgan fingerprint density at radius 3 is 3.00 bits per heavy atom. The molecule has 2 rings (SSSR count). The molecule has 0 aliphatic carbocycles. The summed E-state index contributed by atoms with van der Waals surface area (Å²) in [6, 6.07) is 3.05. The van der Waals surface area contributed by atoms with Gasteiger partial charge in [-0.25, -0.2) is 4.39 Å². The molecule has 4 heteroatoms. The summed E-state index contributed by atoms with van der Waals surface area (Å²) >= 11 is 3.14. The summed E-state index contributed by atoms with van der Waals surface area (Å²) < 4.78 is 13.5. The molecule has 2 N–H and O–H groups in total. The van der Waals surface area contributed by atoms with Crippen molar-refractivity contribution in [3.8, 4) is 5.75 Å². The van der Waals surface area contributed by atoms with Crippen LogP contribution in [-0.4, -0.2) is 17.7 Å². The Hall–Kier alpha value is -0.610. The van der Waals surface area contributed by atoms with Crippen LogP contribution < -0.4 is 5.32 Å². The summed E-state index contributed by atoms with van der Waals surface area (Å²) in [5, 5.41) is 13.1. The summed E-state index contributed by atoms with van der Waals surface area (Å²) in [5.41, 5.74) is 0.668. The third kappa shape index (κ3) is 2.49. The van der Waals surface area contributed by atoms with E-state index in [0.29, 0.717) is 22.5 Å². The lowest BCUT2D eigenvalue weighted by Gasteiger charge is -2.12. The van der Waals surface area contributed by atoms with Crippen molar-refractivity contribution in [2.75, 3.05) is 6.54 Å². The van der Waals surface area contributed by atoms with Crippen LogP contribution >= 0.6 is 15.9 Å². The lowest BCUT2D eigenvalue weighted by atomic mass is 10.0. The smallest absolute Gasteiger partial charge is 0.133 e. The van der Waals surface area contributed by atoms with Crippen molar-refractivity contribution < 1.29 is 9.50 Å². The number of hydrogen-bond acceptors (Lipinski definition) is 2. The molecule has 0 aromatic heterocycles. The molecule has 82 valence electrons. The van der Waals surface area contributed by atoms with Gasteiger partial charge in [0.05, 0.1) is 4.47 Å². The van der Waals surface area contributed by atoms with Gasteiger partial charge in [-0.2, -0.15) is 0 Å². The number of nitrogens with one attached hydrogen (secondary N) is 1. The summed E-state index contributed by atoms with van der Waals surface area (Å²) in [6.45, 7) is 1.02. The molecule has 1 aliphatic heterocycles. The molecule has 1 heterocycles. The van der Waals surface area contributed by atoms with Crippen LogP contribution in [0, 0.1) is 5.82 Å². The monoisotopic (exact) mass is 273 g/mol.